The first-order valence-electron chi connectivity index (χ1n) is 6.70. The SMILES string of the molecule is CCc1nnc(N(CC)CCC(=O)OC)nc1CC. The number of anilines is 1. The third kappa shape index (κ3) is 4.15. The first kappa shape index (κ1) is 15.3. The molecule has 0 amide bonds. The Kier molecular flexibility index (Phi) is 6.18. The zero-order valence-electron chi connectivity index (χ0n) is 12.1. The molecule has 6 nitrogen and oxygen atoms in total. The number of nitrogens with zero attached hydrogens (tertiary/aromatic N) is 4. The lowest BCUT2D eigenvalue weighted by Crippen LogP contribution is -2.28. The largest absolute Gasteiger partial charge is 0.469 e. The number of aromatic nitrogens is 3. The van der Waals surface area contributed by atoms with Gasteiger partial charge in [-0.3, -0.25) is 4.79 Å². The molecule has 6 heteroatoms. The molecule has 0 aliphatic heterocycles. The number of ether oxygens (including phenoxy) is 1. The second-order valence-corrected chi connectivity index (χ2v) is 4.12. The van der Waals surface area contributed by atoms with Gasteiger partial charge in [0, 0.05) is 13.1 Å². The average Bonchev–Trinajstić information content (AvgIpc) is 2.47. The van der Waals surface area contributed by atoms with Gasteiger partial charge in [-0.1, -0.05) is 13.8 Å². The summed E-state index contributed by atoms with van der Waals surface area (Å²) in [4.78, 5) is 17.7. The third-order valence-corrected chi connectivity index (χ3v) is 2.98. The van der Waals surface area contributed by atoms with E-state index in [4.69, 9.17) is 0 Å². The van der Waals surface area contributed by atoms with Gasteiger partial charge in [0.15, 0.2) is 0 Å². The molecule has 1 aromatic rings. The molecule has 0 N–H and O–H groups in total. The number of hydrogen-bond donors (Lipinski definition) is 0. The molecule has 0 spiro atoms. The summed E-state index contributed by atoms with van der Waals surface area (Å²) in [6, 6.07) is 0. The van der Waals surface area contributed by atoms with Crippen LogP contribution in [-0.2, 0) is 22.4 Å². The van der Waals surface area contributed by atoms with E-state index in [1.807, 2.05) is 18.7 Å². The molecule has 19 heavy (non-hydrogen) atoms. The Morgan fingerprint density at radius 2 is 1.84 bits per heavy atom. The third-order valence-electron chi connectivity index (χ3n) is 2.98. The Bertz CT molecular complexity index is 423. The van der Waals surface area contributed by atoms with Gasteiger partial charge in [-0.25, -0.2) is 4.98 Å². The molecule has 0 bridgehead atoms. The molecule has 0 aliphatic carbocycles. The van der Waals surface area contributed by atoms with Crippen molar-refractivity contribution in [2.75, 3.05) is 25.1 Å². The predicted octanol–water partition coefficient (Wildman–Crippen LogP) is 1.39. The van der Waals surface area contributed by atoms with Gasteiger partial charge in [0.05, 0.1) is 24.9 Å². The van der Waals surface area contributed by atoms with E-state index in [2.05, 4.69) is 26.8 Å². The lowest BCUT2D eigenvalue weighted by molar-refractivity contribution is -0.140. The summed E-state index contributed by atoms with van der Waals surface area (Å²) in [5.41, 5.74) is 1.92. The minimum atomic E-state index is -0.229. The number of hydrogen-bond acceptors (Lipinski definition) is 6. The fraction of sp³-hybridized carbons (Fsp3) is 0.692. The van der Waals surface area contributed by atoms with E-state index < -0.39 is 0 Å². The van der Waals surface area contributed by atoms with Crippen LogP contribution in [0.5, 0.6) is 0 Å². The highest BCUT2D eigenvalue weighted by atomic mass is 16.5. The summed E-state index contributed by atoms with van der Waals surface area (Å²) in [5.74, 6) is 0.354. The standard InChI is InChI=1S/C13H22N4O2/c1-5-10-11(6-2)15-16-13(14-10)17(7-3)9-8-12(18)19-4/h5-9H2,1-4H3. The smallest absolute Gasteiger partial charge is 0.307 e. The molecular weight excluding hydrogens is 244 g/mol. The number of esters is 1. The van der Waals surface area contributed by atoms with Crippen LogP contribution < -0.4 is 4.90 Å². The number of aryl methyl sites for hydroxylation is 2. The lowest BCUT2D eigenvalue weighted by Gasteiger charge is -2.20. The van der Waals surface area contributed by atoms with Crippen molar-refractivity contribution in [3.63, 3.8) is 0 Å². The number of rotatable bonds is 7. The zero-order valence-corrected chi connectivity index (χ0v) is 12.1. The Balaban J connectivity index is 2.83. The van der Waals surface area contributed by atoms with Gasteiger partial charge in [-0.15, -0.1) is 5.10 Å². The van der Waals surface area contributed by atoms with Crippen LogP contribution in [0, 0.1) is 0 Å². The van der Waals surface area contributed by atoms with Gasteiger partial charge in [-0.2, -0.15) is 5.10 Å². The van der Waals surface area contributed by atoms with Crippen molar-refractivity contribution in [1.82, 2.24) is 15.2 Å². The number of carbonyl (C=O) groups excluding carboxylic acids is 1. The molecule has 0 aromatic carbocycles. The van der Waals surface area contributed by atoms with E-state index in [1.165, 1.54) is 7.11 Å². The van der Waals surface area contributed by atoms with Gasteiger partial charge in [0.25, 0.3) is 0 Å². The quantitative estimate of drug-likeness (QED) is 0.695. The van der Waals surface area contributed by atoms with Crippen molar-refractivity contribution in [2.24, 2.45) is 0 Å². The van der Waals surface area contributed by atoms with Crippen LogP contribution in [0.4, 0.5) is 5.95 Å². The van der Waals surface area contributed by atoms with Crippen LogP contribution in [-0.4, -0.2) is 41.3 Å². The molecular formula is C13H22N4O2. The van der Waals surface area contributed by atoms with E-state index in [-0.39, 0.29) is 5.97 Å². The predicted molar refractivity (Wildman–Crippen MR) is 73.1 cm³/mol. The van der Waals surface area contributed by atoms with E-state index in [0.717, 1.165) is 30.8 Å². The second-order valence-electron chi connectivity index (χ2n) is 4.12. The van der Waals surface area contributed by atoms with Crippen molar-refractivity contribution in [3.8, 4) is 0 Å². The summed E-state index contributed by atoms with van der Waals surface area (Å²) >= 11 is 0. The Morgan fingerprint density at radius 3 is 2.37 bits per heavy atom. The Morgan fingerprint density at radius 1 is 1.16 bits per heavy atom. The number of carbonyl (C=O) groups is 1. The van der Waals surface area contributed by atoms with Crippen LogP contribution in [0.1, 0.15) is 38.6 Å². The Labute approximate surface area is 114 Å². The molecule has 1 aromatic heterocycles. The van der Waals surface area contributed by atoms with Crippen LogP contribution in [0.15, 0.2) is 0 Å². The summed E-state index contributed by atoms with van der Waals surface area (Å²) < 4.78 is 4.64. The van der Waals surface area contributed by atoms with Crippen molar-refractivity contribution >= 4 is 11.9 Å². The van der Waals surface area contributed by atoms with Gasteiger partial charge >= 0.3 is 5.97 Å². The summed E-state index contributed by atoms with van der Waals surface area (Å²) in [6.45, 7) is 7.36. The van der Waals surface area contributed by atoms with E-state index in [0.29, 0.717) is 18.9 Å². The molecule has 0 unspecified atom stereocenters. The molecule has 0 fully saturated rings. The first-order chi connectivity index (χ1) is 9.15. The molecule has 106 valence electrons. The zero-order chi connectivity index (χ0) is 14.3. The van der Waals surface area contributed by atoms with Crippen molar-refractivity contribution in [3.05, 3.63) is 11.4 Å². The van der Waals surface area contributed by atoms with Crippen LogP contribution in [0.25, 0.3) is 0 Å². The van der Waals surface area contributed by atoms with Crippen LogP contribution >= 0.6 is 0 Å². The second kappa shape index (κ2) is 7.66. The van der Waals surface area contributed by atoms with Crippen molar-refractivity contribution in [1.29, 1.82) is 0 Å². The molecule has 0 saturated heterocycles. The van der Waals surface area contributed by atoms with Crippen molar-refractivity contribution in [2.45, 2.75) is 40.0 Å². The number of methoxy groups -OCH3 is 1. The van der Waals surface area contributed by atoms with E-state index >= 15 is 0 Å². The Hall–Kier alpha value is -1.72. The lowest BCUT2D eigenvalue weighted by atomic mass is 10.2. The van der Waals surface area contributed by atoms with Gasteiger partial charge < -0.3 is 9.64 Å². The monoisotopic (exact) mass is 266 g/mol. The fourth-order valence-electron chi connectivity index (χ4n) is 1.79. The van der Waals surface area contributed by atoms with Crippen LogP contribution in [0.3, 0.4) is 0 Å². The minimum absolute atomic E-state index is 0.229. The average molecular weight is 266 g/mol. The molecule has 0 radical (unpaired) electrons. The summed E-state index contributed by atoms with van der Waals surface area (Å²) in [7, 11) is 1.39. The highest BCUT2D eigenvalue weighted by Crippen LogP contribution is 2.11. The highest BCUT2D eigenvalue weighted by Gasteiger charge is 2.13. The summed E-state index contributed by atoms with van der Waals surface area (Å²) in [6.07, 6.45) is 1.99. The van der Waals surface area contributed by atoms with Crippen molar-refractivity contribution < 1.29 is 9.53 Å². The topological polar surface area (TPSA) is 68.2 Å². The van der Waals surface area contributed by atoms with Gasteiger partial charge in [0.2, 0.25) is 5.95 Å². The fourth-order valence-corrected chi connectivity index (χ4v) is 1.79. The minimum Gasteiger partial charge on any atom is -0.469 e. The maximum Gasteiger partial charge on any atom is 0.307 e. The summed E-state index contributed by atoms with van der Waals surface area (Å²) in [5, 5.41) is 8.36. The molecule has 0 aliphatic rings. The van der Waals surface area contributed by atoms with E-state index in [1.54, 1.807) is 0 Å². The van der Waals surface area contributed by atoms with Gasteiger partial charge in [0.1, 0.15) is 0 Å². The normalized spacial score (nSPS) is 10.3. The highest BCUT2D eigenvalue weighted by molar-refractivity contribution is 5.69. The van der Waals surface area contributed by atoms with Crippen LogP contribution in [0.2, 0.25) is 0 Å². The maximum absolute atomic E-state index is 11.2. The molecule has 1 heterocycles. The first-order valence-corrected chi connectivity index (χ1v) is 6.70. The van der Waals surface area contributed by atoms with Gasteiger partial charge in [-0.05, 0) is 19.8 Å². The van der Waals surface area contributed by atoms with E-state index in [9.17, 15) is 4.79 Å². The maximum atomic E-state index is 11.2. The molecule has 1 rings (SSSR count). The molecule has 0 saturated carbocycles. The molecule has 0 atom stereocenters.